The summed E-state index contributed by atoms with van der Waals surface area (Å²) in [7, 11) is -3.50. The third-order valence-electron chi connectivity index (χ3n) is 7.22. The summed E-state index contributed by atoms with van der Waals surface area (Å²) in [6.45, 7) is 5.84. The Morgan fingerprint density at radius 3 is 2.40 bits per heavy atom. The van der Waals surface area contributed by atoms with E-state index >= 15 is 0 Å². The molecule has 1 aromatic heterocycles. The van der Waals surface area contributed by atoms with E-state index in [-0.39, 0.29) is 41.7 Å². The van der Waals surface area contributed by atoms with E-state index in [0.717, 1.165) is 22.9 Å². The lowest BCUT2D eigenvalue weighted by Crippen LogP contribution is -2.43. The van der Waals surface area contributed by atoms with Gasteiger partial charge in [-0.2, -0.15) is 0 Å². The maximum absolute atomic E-state index is 13.8. The number of rotatable bonds is 8. The summed E-state index contributed by atoms with van der Waals surface area (Å²) in [6.07, 6.45) is 2.38. The Morgan fingerprint density at radius 2 is 1.71 bits per heavy atom. The lowest BCUT2D eigenvalue weighted by atomic mass is 10.0. The number of benzene rings is 3. The van der Waals surface area contributed by atoms with Crippen molar-refractivity contribution in [2.24, 2.45) is 0 Å². The molecule has 1 N–H and O–H groups in total. The smallest absolute Gasteiger partial charge is 0.412 e. The molecule has 1 aliphatic rings. The van der Waals surface area contributed by atoms with Gasteiger partial charge in [-0.3, -0.25) is 9.69 Å². The number of ether oxygens (including phenoxy) is 2. The number of carbonyl (C=O) groups is 3. The second-order valence-corrected chi connectivity index (χ2v) is 14.4. The first-order chi connectivity index (χ1) is 21.2. The van der Waals surface area contributed by atoms with Crippen molar-refractivity contribution in [2.45, 2.75) is 63.6 Å². The fourth-order valence-corrected chi connectivity index (χ4v) is 6.21. The van der Waals surface area contributed by atoms with E-state index < -0.39 is 39.4 Å². The maximum atomic E-state index is 13.8. The Hall–Kier alpha value is -4.35. The molecule has 0 radical (unpaired) electrons. The van der Waals surface area contributed by atoms with Gasteiger partial charge in [-0.25, -0.2) is 18.0 Å². The molecule has 0 aliphatic carbocycles. The minimum atomic E-state index is -3.50. The molecule has 0 fully saturated rings. The fourth-order valence-electron chi connectivity index (χ4n) is 5.20. The highest BCUT2D eigenvalue weighted by molar-refractivity contribution is 7.90. The molecular weight excluding hydrogens is 618 g/mol. The predicted octanol–water partition coefficient (Wildman–Crippen LogP) is 5.49. The zero-order chi connectivity index (χ0) is 32.5. The Kier molecular flexibility index (Phi) is 8.95. The number of sulfone groups is 1. The molecule has 1 aliphatic heterocycles. The predicted molar refractivity (Wildman–Crippen MR) is 169 cm³/mol. The van der Waals surface area contributed by atoms with Crippen LogP contribution in [0.2, 0.25) is 5.02 Å². The first-order valence-electron chi connectivity index (χ1n) is 14.3. The molecule has 45 heavy (non-hydrogen) atoms. The van der Waals surface area contributed by atoms with Crippen LogP contribution in [0.5, 0.6) is 0 Å². The monoisotopic (exact) mass is 651 g/mol. The van der Waals surface area contributed by atoms with Gasteiger partial charge in [-0.1, -0.05) is 54.1 Å². The Balaban J connectivity index is 1.42. The van der Waals surface area contributed by atoms with Crippen molar-refractivity contribution >= 4 is 50.3 Å². The number of hydrogen-bond donors (Lipinski definition) is 1. The molecule has 1 atom stereocenters. The molecule has 4 aromatic rings. The minimum Gasteiger partial charge on any atom is -0.459 e. The van der Waals surface area contributed by atoms with Gasteiger partial charge in [0.2, 0.25) is 0 Å². The number of nitrogens with one attached hydrogen (secondary N) is 1. The number of esters is 1. The topological polar surface area (TPSA) is 124 Å². The van der Waals surface area contributed by atoms with Gasteiger partial charge in [0.1, 0.15) is 24.9 Å². The standard InChI is InChI=1S/C33H34ClN3O7S/c1-33(2,3)44-32(40)37-18-23-17-26(34)28(25-13-14-36(20-37)29(23)25)30(38)35-27(31(39)43-19-21-9-6-5-7-10-21)16-22-11-8-12-24(15-22)45(4,41)42/h5-15,17,27H,16,18-20H2,1-4H3,(H,35,38). The van der Waals surface area contributed by atoms with Crippen LogP contribution in [-0.2, 0) is 50.3 Å². The zero-order valence-electron chi connectivity index (χ0n) is 25.4. The number of amides is 2. The molecule has 10 nitrogen and oxygen atoms in total. The van der Waals surface area contributed by atoms with E-state index in [9.17, 15) is 22.8 Å². The van der Waals surface area contributed by atoms with Gasteiger partial charge in [0.15, 0.2) is 9.84 Å². The Bertz CT molecular complexity index is 1880. The summed E-state index contributed by atoms with van der Waals surface area (Å²) >= 11 is 6.70. The molecule has 0 bridgehead atoms. The highest BCUT2D eigenvalue weighted by Gasteiger charge is 2.31. The van der Waals surface area contributed by atoms with Gasteiger partial charge in [-0.05, 0) is 61.7 Å². The second kappa shape index (κ2) is 12.6. The number of carbonyl (C=O) groups excluding carboxylic acids is 3. The van der Waals surface area contributed by atoms with Crippen molar-refractivity contribution in [2.75, 3.05) is 6.26 Å². The second-order valence-electron chi connectivity index (χ2n) is 12.0. The van der Waals surface area contributed by atoms with Crippen LogP contribution in [0.15, 0.2) is 77.8 Å². The average Bonchev–Trinajstić information content (AvgIpc) is 3.39. The van der Waals surface area contributed by atoms with Crippen LogP contribution in [0.3, 0.4) is 0 Å². The summed E-state index contributed by atoms with van der Waals surface area (Å²) in [5.74, 6) is -1.28. The van der Waals surface area contributed by atoms with Gasteiger partial charge in [0.25, 0.3) is 5.91 Å². The molecule has 5 rings (SSSR count). The Labute approximate surface area is 266 Å². The maximum Gasteiger partial charge on any atom is 0.412 e. The molecule has 236 valence electrons. The first-order valence-corrected chi connectivity index (χ1v) is 16.5. The molecule has 2 heterocycles. The van der Waals surface area contributed by atoms with E-state index in [1.54, 1.807) is 56.1 Å². The molecule has 0 saturated heterocycles. The lowest BCUT2D eigenvalue weighted by Gasteiger charge is -2.31. The quantitative estimate of drug-likeness (QED) is 0.250. The third-order valence-corrected chi connectivity index (χ3v) is 8.63. The molecule has 1 unspecified atom stereocenters. The van der Waals surface area contributed by atoms with E-state index in [2.05, 4.69) is 5.32 Å². The summed E-state index contributed by atoms with van der Waals surface area (Å²) in [5.41, 5.74) is 2.29. The van der Waals surface area contributed by atoms with Crippen LogP contribution in [-0.4, -0.2) is 53.8 Å². The first kappa shape index (κ1) is 32.1. The number of halogens is 1. The van der Waals surface area contributed by atoms with Gasteiger partial charge in [0, 0.05) is 24.3 Å². The van der Waals surface area contributed by atoms with Crippen LogP contribution < -0.4 is 5.32 Å². The van der Waals surface area contributed by atoms with E-state index in [4.69, 9.17) is 21.1 Å². The molecule has 2 amide bonds. The van der Waals surface area contributed by atoms with E-state index in [1.807, 2.05) is 34.9 Å². The van der Waals surface area contributed by atoms with E-state index in [0.29, 0.717) is 10.9 Å². The molecule has 0 saturated carbocycles. The normalized spacial score (nSPS) is 13.8. The number of aromatic nitrogens is 1. The lowest BCUT2D eigenvalue weighted by molar-refractivity contribution is -0.147. The molecular formula is C33H34ClN3O7S. The van der Waals surface area contributed by atoms with Crippen molar-refractivity contribution < 1.29 is 32.3 Å². The van der Waals surface area contributed by atoms with Gasteiger partial charge in [0.05, 0.1) is 27.5 Å². The number of hydrogen-bond acceptors (Lipinski definition) is 7. The van der Waals surface area contributed by atoms with Crippen molar-refractivity contribution in [1.29, 1.82) is 0 Å². The van der Waals surface area contributed by atoms with Crippen LogP contribution in [0.4, 0.5) is 4.79 Å². The van der Waals surface area contributed by atoms with Crippen LogP contribution >= 0.6 is 11.6 Å². The van der Waals surface area contributed by atoms with Crippen LogP contribution in [0, 0.1) is 0 Å². The fraction of sp³-hybridized carbons (Fsp3) is 0.303. The summed E-state index contributed by atoms with van der Waals surface area (Å²) < 4.78 is 37.3. The summed E-state index contributed by atoms with van der Waals surface area (Å²) in [4.78, 5) is 41.7. The highest BCUT2D eigenvalue weighted by Crippen LogP contribution is 2.34. The van der Waals surface area contributed by atoms with Gasteiger partial charge >= 0.3 is 12.1 Å². The van der Waals surface area contributed by atoms with E-state index in [1.165, 1.54) is 12.1 Å². The van der Waals surface area contributed by atoms with Crippen molar-refractivity contribution in [3.05, 3.63) is 100 Å². The van der Waals surface area contributed by atoms with Crippen LogP contribution in [0.25, 0.3) is 10.9 Å². The van der Waals surface area contributed by atoms with Crippen molar-refractivity contribution in [3.63, 3.8) is 0 Å². The summed E-state index contributed by atoms with van der Waals surface area (Å²) in [6, 6.07) is 17.6. The SMILES string of the molecule is CC(C)(C)OC(=O)N1Cc2cc(Cl)c(C(=O)NC(Cc3cccc(S(C)(=O)=O)c3)C(=O)OCc3ccccc3)c3ccn(c23)C1. The third kappa shape index (κ3) is 7.49. The zero-order valence-corrected chi connectivity index (χ0v) is 26.9. The molecule has 12 heteroatoms. The average molecular weight is 652 g/mol. The minimum absolute atomic E-state index is 0.00782. The number of nitrogens with zero attached hydrogens (tertiary/aromatic N) is 2. The Morgan fingerprint density at radius 1 is 1.00 bits per heavy atom. The molecule has 0 spiro atoms. The largest absolute Gasteiger partial charge is 0.459 e. The van der Waals surface area contributed by atoms with Gasteiger partial charge in [-0.15, -0.1) is 0 Å². The molecule has 3 aromatic carbocycles. The van der Waals surface area contributed by atoms with Crippen molar-refractivity contribution in [3.8, 4) is 0 Å². The highest BCUT2D eigenvalue weighted by atomic mass is 35.5. The van der Waals surface area contributed by atoms with Crippen molar-refractivity contribution in [1.82, 2.24) is 14.8 Å². The summed E-state index contributed by atoms with van der Waals surface area (Å²) in [5, 5.41) is 3.50. The van der Waals surface area contributed by atoms with Crippen LogP contribution in [0.1, 0.15) is 47.8 Å². The van der Waals surface area contributed by atoms with Gasteiger partial charge < -0.3 is 19.4 Å².